The largest absolute Gasteiger partial charge is 0.352 e. The van der Waals surface area contributed by atoms with E-state index in [9.17, 15) is 9.59 Å². The first-order valence-corrected chi connectivity index (χ1v) is 7.55. The van der Waals surface area contributed by atoms with Crippen LogP contribution in [-0.4, -0.2) is 24.4 Å². The van der Waals surface area contributed by atoms with E-state index in [1.54, 1.807) is 24.3 Å². The Morgan fingerprint density at radius 2 is 2.09 bits per heavy atom. The van der Waals surface area contributed by atoms with Crippen LogP contribution in [0, 0.1) is 5.92 Å². The minimum Gasteiger partial charge on any atom is -0.352 e. The van der Waals surface area contributed by atoms with Crippen molar-refractivity contribution in [3.05, 3.63) is 29.8 Å². The molecule has 0 heterocycles. The molecule has 1 aliphatic carbocycles. The van der Waals surface area contributed by atoms with Crippen molar-refractivity contribution in [2.75, 3.05) is 11.9 Å². The van der Waals surface area contributed by atoms with Crippen LogP contribution in [0.3, 0.4) is 0 Å². The summed E-state index contributed by atoms with van der Waals surface area (Å²) in [6.45, 7) is 2.65. The molecule has 1 aromatic rings. The van der Waals surface area contributed by atoms with E-state index in [-0.39, 0.29) is 36.2 Å². The molecule has 2 unspecified atom stereocenters. The average molecular weight is 326 g/mol. The molecule has 0 aliphatic heterocycles. The zero-order valence-corrected chi connectivity index (χ0v) is 13.6. The van der Waals surface area contributed by atoms with Crippen LogP contribution >= 0.6 is 12.4 Å². The van der Waals surface area contributed by atoms with Crippen molar-refractivity contribution in [3.63, 3.8) is 0 Å². The summed E-state index contributed by atoms with van der Waals surface area (Å²) in [7, 11) is 0. The normalized spacial score (nSPS) is 20.1. The molecular weight excluding hydrogens is 302 g/mol. The van der Waals surface area contributed by atoms with Gasteiger partial charge in [-0.1, -0.05) is 13.0 Å². The lowest BCUT2D eigenvalue weighted by Crippen LogP contribution is -2.25. The molecule has 6 heteroatoms. The number of hydrogen-bond donors (Lipinski definition) is 3. The monoisotopic (exact) mass is 325 g/mol. The van der Waals surface area contributed by atoms with Crippen LogP contribution in [0.1, 0.15) is 43.0 Å². The third-order valence-corrected chi connectivity index (χ3v) is 3.77. The smallest absolute Gasteiger partial charge is 0.251 e. The van der Waals surface area contributed by atoms with Gasteiger partial charge in [-0.3, -0.25) is 9.59 Å². The SMILES string of the molecule is CCCNC(=O)c1cccc(NC(=O)C2CCC(N)C2)c1.Cl. The van der Waals surface area contributed by atoms with Gasteiger partial charge in [-0.15, -0.1) is 12.4 Å². The van der Waals surface area contributed by atoms with E-state index in [1.165, 1.54) is 0 Å². The predicted octanol–water partition coefficient (Wildman–Crippen LogP) is 2.31. The Kier molecular flexibility index (Phi) is 7.35. The van der Waals surface area contributed by atoms with Gasteiger partial charge in [0.05, 0.1) is 0 Å². The van der Waals surface area contributed by atoms with Gasteiger partial charge in [0.25, 0.3) is 5.91 Å². The fraction of sp³-hybridized carbons (Fsp3) is 0.500. The molecule has 2 amide bonds. The fourth-order valence-corrected chi connectivity index (χ4v) is 2.58. The van der Waals surface area contributed by atoms with Crippen molar-refractivity contribution in [3.8, 4) is 0 Å². The molecule has 0 saturated heterocycles. The summed E-state index contributed by atoms with van der Waals surface area (Å²) in [6.07, 6.45) is 3.37. The highest BCUT2D eigenvalue weighted by molar-refractivity contribution is 5.97. The van der Waals surface area contributed by atoms with E-state index in [0.29, 0.717) is 17.8 Å². The molecule has 0 spiro atoms. The van der Waals surface area contributed by atoms with Gasteiger partial charge in [-0.05, 0) is 43.9 Å². The fourth-order valence-electron chi connectivity index (χ4n) is 2.58. The number of nitrogens with one attached hydrogen (secondary N) is 2. The Bertz CT molecular complexity index is 522. The van der Waals surface area contributed by atoms with E-state index in [2.05, 4.69) is 10.6 Å². The van der Waals surface area contributed by atoms with Gasteiger partial charge in [-0.2, -0.15) is 0 Å². The molecule has 0 aromatic heterocycles. The number of anilines is 1. The van der Waals surface area contributed by atoms with Gasteiger partial charge in [0, 0.05) is 29.8 Å². The van der Waals surface area contributed by atoms with Gasteiger partial charge in [0.2, 0.25) is 5.91 Å². The Balaban J connectivity index is 0.00000242. The highest BCUT2D eigenvalue weighted by atomic mass is 35.5. The lowest BCUT2D eigenvalue weighted by molar-refractivity contribution is -0.119. The van der Waals surface area contributed by atoms with Crippen molar-refractivity contribution in [2.24, 2.45) is 11.7 Å². The van der Waals surface area contributed by atoms with Gasteiger partial charge < -0.3 is 16.4 Å². The predicted molar refractivity (Wildman–Crippen MR) is 90.3 cm³/mol. The summed E-state index contributed by atoms with van der Waals surface area (Å²) in [5, 5.41) is 5.70. The molecule has 2 atom stereocenters. The van der Waals surface area contributed by atoms with E-state index in [0.717, 1.165) is 25.7 Å². The Hall–Kier alpha value is -1.59. The second-order valence-corrected chi connectivity index (χ2v) is 5.60. The number of carbonyl (C=O) groups excluding carboxylic acids is 2. The van der Waals surface area contributed by atoms with Crippen molar-refractivity contribution in [1.82, 2.24) is 5.32 Å². The molecule has 0 radical (unpaired) electrons. The standard InChI is InChI=1S/C16H23N3O2.ClH/c1-2-8-18-15(20)11-4-3-5-14(10-11)19-16(21)12-6-7-13(17)9-12;/h3-5,10,12-13H,2,6-9,17H2,1H3,(H,18,20)(H,19,21);1H. The van der Waals surface area contributed by atoms with E-state index in [4.69, 9.17) is 5.73 Å². The first-order valence-electron chi connectivity index (χ1n) is 7.55. The summed E-state index contributed by atoms with van der Waals surface area (Å²) in [5.41, 5.74) is 7.05. The molecule has 2 rings (SSSR count). The number of hydrogen-bond acceptors (Lipinski definition) is 3. The van der Waals surface area contributed by atoms with Crippen LogP contribution in [0.15, 0.2) is 24.3 Å². The third kappa shape index (κ3) is 5.00. The molecule has 4 N–H and O–H groups in total. The van der Waals surface area contributed by atoms with Crippen molar-refractivity contribution < 1.29 is 9.59 Å². The molecule has 5 nitrogen and oxygen atoms in total. The number of halogens is 1. The van der Waals surface area contributed by atoms with E-state index in [1.807, 2.05) is 6.92 Å². The van der Waals surface area contributed by atoms with Crippen LogP contribution in [-0.2, 0) is 4.79 Å². The van der Waals surface area contributed by atoms with Crippen LogP contribution in [0.4, 0.5) is 5.69 Å². The minimum absolute atomic E-state index is 0. The van der Waals surface area contributed by atoms with E-state index >= 15 is 0 Å². The first kappa shape index (κ1) is 18.5. The average Bonchev–Trinajstić information content (AvgIpc) is 2.91. The molecule has 1 aromatic carbocycles. The minimum atomic E-state index is -0.115. The summed E-state index contributed by atoms with van der Waals surface area (Å²) < 4.78 is 0. The van der Waals surface area contributed by atoms with Gasteiger partial charge in [0.15, 0.2) is 0 Å². The number of nitrogens with two attached hydrogens (primary N) is 1. The maximum absolute atomic E-state index is 12.1. The van der Waals surface area contributed by atoms with Crippen LogP contribution in [0.25, 0.3) is 0 Å². The zero-order valence-electron chi connectivity index (χ0n) is 12.8. The van der Waals surface area contributed by atoms with Crippen LogP contribution in [0.5, 0.6) is 0 Å². The van der Waals surface area contributed by atoms with Gasteiger partial charge in [0.1, 0.15) is 0 Å². The first-order chi connectivity index (χ1) is 10.1. The van der Waals surface area contributed by atoms with Crippen molar-refractivity contribution >= 4 is 29.9 Å². The van der Waals surface area contributed by atoms with E-state index < -0.39 is 0 Å². The quantitative estimate of drug-likeness (QED) is 0.776. The molecule has 0 bridgehead atoms. The summed E-state index contributed by atoms with van der Waals surface area (Å²) in [4.78, 5) is 24.0. The zero-order chi connectivity index (χ0) is 15.2. The lowest BCUT2D eigenvalue weighted by atomic mass is 10.1. The highest BCUT2D eigenvalue weighted by Gasteiger charge is 2.27. The second-order valence-electron chi connectivity index (χ2n) is 5.60. The molecule has 22 heavy (non-hydrogen) atoms. The number of rotatable bonds is 5. The lowest BCUT2D eigenvalue weighted by Gasteiger charge is -2.11. The van der Waals surface area contributed by atoms with Gasteiger partial charge in [-0.25, -0.2) is 0 Å². The summed E-state index contributed by atoms with van der Waals surface area (Å²) >= 11 is 0. The van der Waals surface area contributed by atoms with Crippen LogP contribution < -0.4 is 16.4 Å². The molecular formula is C16H24ClN3O2. The summed E-state index contributed by atoms with van der Waals surface area (Å²) in [5.74, 6) is -0.137. The topological polar surface area (TPSA) is 84.2 Å². The Morgan fingerprint density at radius 1 is 1.32 bits per heavy atom. The number of benzene rings is 1. The second kappa shape index (κ2) is 8.76. The molecule has 1 aliphatic rings. The van der Waals surface area contributed by atoms with Crippen LogP contribution in [0.2, 0.25) is 0 Å². The Morgan fingerprint density at radius 3 is 2.73 bits per heavy atom. The maximum Gasteiger partial charge on any atom is 0.251 e. The van der Waals surface area contributed by atoms with Crippen molar-refractivity contribution in [2.45, 2.75) is 38.6 Å². The molecule has 1 saturated carbocycles. The number of amides is 2. The molecule has 122 valence electrons. The molecule has 1 fully saturated rings. The third-order valence-electron chi connectivity index (χ3n) is 3.77. The summed E-state index contributed by atoms with van der Waals surface area (Å²) in [6, 6.07) is 7.15. The maximum atomic E-state index is 12.1. The van der Waals surface area contributed by atoms with Crippen molar-refractivity contribution in [1.29, 1.82) is 0 Å². The van der Waals surface area contributed by atoms with Gasteiger partial charge >= 0.3 is 0 Å². The number of carbonyl (C=O) groups is 2. The highest BCUT2D eigenvalue weighted by Crippen LogP contribution is 2.25. The Labute approximate surface area is 137 Å².